The van der Waals surface area contributed by atoms with E-state index in [1.165, 1.54) is 295 Å². The zero-order valence-corrected chi connectivity index (χ0v) is 74.5. The molecule has 0 bridgehead atoms. The van der Waals surface area contributed by atoms with Gasteiger partial charge >= 0.3 is 48.9 Å². The maximum atomic E-state index is 2.41. The van der Waals surface area contributed by atoms with Crippen molar-refractivity contribution in [3.05, 3.63) is 298 Å². The van der Waals surface area contributed by atoms with Crippen molar-refractivity contribution >= 4 is 48.9 Å². The van der Waals surface area contributed by atoms with Gasteiger partial charge in [0.05, 0.1) is 0 Å². The van der Waals surface area contributed by atoms with Crippen LogP contribution in [0.15, 0.2) is 243 Å². The monoisotopic (exact) mass is 1590 g/mol. The van der Waals surface area contributed by atoms with Crippen LogP contribution >= 0.6 is 0 Å². The van der Waals surface area contributed by atoms with Crippen LogP contribution in [0.25, 0.3) is 111 Å². The van der Waals surface area contributed by atoms with Crippen molar-refractivity contribution in [2.24, 2.45) is 0 Å². The van der Waals surface area contributed by atoms with Crippen molar-refractivity contribution in [3.63, 3.8) is 0 Å². The number of rotatable bonds is 40. The van der Waals surface area contributed by atoms with Gasteiger partial charge in [0.15, 0.2) is 0 Å². The molecule has 0 aliphatic rings. The Labute approximate surface area is 713 Å². The van der Waals surface area contributed by atoms with Crippen molar-refractivity contribution < 1.29 is 0 Å². The van der Waals surface area contributed by atoms with Crippen LogP contribution in [0.4, 0.5) is 0 Å². The van der Waals surface area contributed by atoms with Gasteiger partial charge < -0.3 is 0 Å². The van der Waals surface area contributed by atoms with Gasteiger partial charge in [-0.2, -0.15) is 0 Å². The molecule has 0 aliphatic carbocycles. The predicted molar refractivity (Wildman–Crippen MR) is 490 cm³/mol. The average Bonchev–Trinajstić information content (AvgIpc) is 1.58. The third kappa shape index (κ3) is 22.9. The number of benzene rings is 10. The summed E-state index contributed by atoms with van der Waals surface area (Å²) in [6, 6.07) is 95.9. The first-order valence-electron chi connectivity index (χ1n) is 43.8. The summed E-state index contributed by atoms with van der Waals surface area (Å²) in [6.45, 7) is 22.9. The number of aryl methyl sites for hydroxylation is 10. The Morgan fingerprint density at radius 1 is 0.153 bits per heavy atom. The fourth-order valence-electron chi connectivity index (χ4n) is 16.3. The van der Waals surface area contributed by atoms with Crippen LogP contribution in [-0.2, 0) is 64.2 Å². The summed E-state index contributed by atoms with van der Waals surface area (Å²) < 4.78 is 0. The van der Waals surface area contributed by atoms with Gasteiger partial charge in [0.1, 0.15) is 0 Å². The normalized spacial score (nSPS) is 11.3. The zero-order chi connectivity index (χ0) is 76.8. The fourth-order valence-corrected chi connectivity index (χ4v) is 16.3. The van der Waals surface area contributed by atoms with Crippen molar-refractivity contribution in [1.29, 1.82) is 0 Å². The molecule has 0 saturated carbocycles. The van der Waals surface area contributed by atoms with Gasteiger partial charge in [0, 0.05) is 0 Å². The Morgan fingerprint density at radius 3 is 0.396 bits per heavy atom. The number of hydrogen-bond acceptors (Lipinski definition) is 0. The van der Waals surface area contributed by atoms with E-state index in [4.69, 9.17) is 0 Å². The summed E-state index contributed by atoms with van der Waals surface area (Å²) in [4.78, 5) is 0. The van der Waals surface area contributed by atoms with E-state index in [2.05, 4.69) is 312 Å². The summed E-state index contributed by atoms with van der Waals surface area (Å²) in [7, 11) is 0. The Bertz CT molecular complexity index is 3610. The second kappa shape index (κ2) is 45.4. The molecule has 0 unspecified atom stereocenters. The third-order valence-corrected chi connectivity index (χ3v) is 23.1. The minimum Gasteiger partial charge on any atom is -0.0996 e. The molecule has 12 rings (SSSR count). The topological polar surface area (TPSA) is 0 Å². The second-order valence-corrected chi connectivity index (χ2v) is 31.8. The largest absolute Gasteiger partial charge is 2.00 e. The molecule has 0 radical (unpaired) electrons. The minimum absolute atomic E-state index is 0. The van der Waals surface area contributed by atoms with Gasteiger partial charge in [-0.25, -0.2) is 0 Å². The van der Waals surface area contributed by atoms with Crippen LogP contribution in [-0.4, -0.2) is 48.9 Å². The summed E-state index contributed by atoms with van der Waals surface area (Å²) in [5, 5.41) is 0. The molecule has 0 amide bonds. The molecule has 0 heterocycles. The van der Waals surface area contributed by atoms with Gasteiger partial charge in [-0.3, -0.25) is 0 Å². The minimum atomic E-state index is 0. The molecule has 0 aromatic heterocycles. The fraction of sp³-hybridized carbons (Fsp3) is 0.364. The van der Waals surface area contributed by atoms with E-state index < -0.39 is 0 Å². The number of unbranched alkanes of at least 4 members (excludes halogenated alkanes) is 10. The van der Waals surface area contributed by atoms with Crippen LogP contribution in [0.5, 0.6) is 0 Å². The maximum absolute atomic E-state index is 2.41. The Morgan fingerprint density at radius 2 is 0.270 bits per heavy atom. The number of hydrogen-bond donors (Lipinski definition) is 0. The van der Waals surface area contributed by atoms with E-state index in [9.17, 15) is 0 Å². The molecule has 0 N–H and O–H groups in total. The molecule has 0 aliphatic heterocycles. The quantitative estimate of drug-likeness (QED) is 0.0265. The van der Waals surface area contributed by atoms with Crippen molar-refractivity contribution in [1.82, 2.24) is 0 Å². The molecular formula is C110H130Ba. The molecule has 111 heavy (non-hydrogen) atoms. The third-order valence-electron chi connectivity index (χ3n) is 23.1. The molecule has 0 saturated heterocycles. The molecule has 572 valence electrons. The molecular weight excluding hydrogens is 1460 g/mol. The SMILES string of the molecule is CCCCc1ccc(-c2c(-c3ccc(CCCC)cc3)c(-c3ccc(CCCC)cc3)[c-](-c3ccc(CCCC)cc3)c2-c2ccc(CCCC)cc2)cc1.CCCCc1ccc(-c2c(-c3ccc(CCCC)cc3)c(-c3ccc(CCCC)cc3)[c-](-c3ccc(CCCC)cc3)c2-c2ccc(CCCC)cc2)cc1.[Ba+2]. The molecule has 0 fully saturated rings. The van der Waals surface area contributed by atoms with Gasteiger partial charge in [-0.05, 0) is 195 Å². The molecule has 0 atom stereocenters. The first-order valence-corrected chi connectivity index (χ1v) is 43.8. The smallest absolute Gasteiger partial charge is 0.0996 e. The average molecular weight is 1590 g/mol. The van der Waals surface area contributed by atoms with Crippen LogP contribution < -0.4 is 0 Å². The Hall–Kier alpha value is -7.53. The first-order chi connectivity index (χ1) is 54.2. The second-order valence-electron chi connectivity index (χ2n) is 31.8. The van der Waals surface area contributed by atoms with Gasteiger partial charge in [-0.15, -0.1) is 0 Å². The van der Waals surface area contributed by atoms with E-state index in [1.807, 2.05) is 0 Å². The van der Waals surface area contributed by atoms with E-state index in [0.717, 1.165) is 64.2 Å². The zero-order valence-electron chi connectivity index (χ0n) is 70.0. The van der Waals surface area contributed by atoms with Crippen LogP contribution in [0.1, 0.15) is 253 Å². The maximum Gasteiger partial charge on any atom is 2.00 e. The van der Waals surface area contributed by atoms with Crippen LogP contribution in [0, 0.1) is 0 Å². The van der Waals surface area contributed by atoms with E-state index in [0.29, 0.717) is 0 Å². The van der Waals surface area contributed by atoms with Crippen molar-refractivity contribution in [2.75, 3.05) is 0 Å². The molecule has 0 nitrogen and oxygen atoms in total. The van der Waals surface area contributed by atoms with E-state index in [1.54, 1.807) is 0 Å². The summed E-state index contributed by atoms with van der Waals surface area (Å²) >= 11 is 0. The van der Waals surface area contributed by atoms with Crippen LogP contribution in [0.2, 0.25) is 0 Å². The molecule has 12 aromatic rings. The molecule has 0 spiro atoms. The summed E-state index contributed by atoms with van der Waals surface area (Å²) in [5.74, 6) is 0. The Balaban J connectivity index is 0.000000234. The molecule has 1 heteroatoms. The first kappa shape index (κ1) is 85.9. The molecule has 12 aromatic carbocycles. The van der Waals surface area contributed by atoms with Gasteiger partial charge in [-0.1, -0.05) is 476 Å². The van der Waals surface area contributed by atoms with Crippen LogP contribution in [0.3, 0.4) is 0 Å². The summed E-state index contributed by atoms with van der Waals surface area (Å²) in [5.41, 5.74) is 40.6. The van der Waals surface area contributed by atoms with E-state index in [-0.39, 0.29) is 48.9 Å². The standard InChI is InChI=1S/2C55H65.Ba/c2*1-6-11-16-41-21-31-46(32-22-41)51-52(47-33-23-42(24-34-47)17-12-7-2)54(49-37-27-44(28-38-49)19-14-9-4)55(50-39-29-45(30-40-50)20-15-10-5)53(51)48-35-25-43(26-36-48)18-13-8-3;/h2*21-40H,6-20H2,1-5H3;/q2*-1;+2. The van der Waals surface area contributed by atoms with Gasteiger partial charge in [0.25, 0.3) is 0 Å². The van der Waals surface area contributed by atoms with Crippen molar-refractivity contribution in [2.45, 2.75) is 262 Å². The Kier molecular flexibility index (Phi) is 35.1. The van der Waals surface area contributed by atoms with Gasteiger partial charge in [0.2, 0.25) is 0 Å². The van der Waals surface area contributed by atoms with Crippen molar-refractivity contribution in [3.8, 4) is 111 Å². The van der Waals surface area contributed by atoms with E-state index >= 15 is 0 Å². The predicted octanol–water partition coefficient (Wildman–Crippen LogP) is 32.5. The summed E-state index contributed by atoms with van der Waals surface area (Å²) in [6.07, 6.45) is 35.6.